The number of nitrogens with zero attached hydrogens (tertiary/aromatic N) is 1. The van der Waals surface area contributed by atoms with Crippen LogP contribution in [0.5, 0.6) is 0 Å². The Hall–Kier alpha value is -2.13. The van der Waals surface area contributed by atoms with E-state index < -0.39 is 10.0 Å². The highest BCUT2D eigenvalue weighted by Crippen LogP contribution is 2.55. The average Bonchev–Trinajstić information content (AvgIpc) is 3.12. The minimum Gasteiger partial charge on any atom is -0.332 e. The zero-order chi connectivity index (χ0) is 20.1. The minimum atomic E-state index is -3.70. The monoisotopic (exact) mass is 432 g/mol. The van der Waals surface area contributed by atoms with Gasteiger partial charge in [-0.1, -0.05) is 0 Å². The van der Waals surface area contributed by atoms with E-state index >= 15 is 0 Å². The Bertz CT molecular complexity index is 968. The molecular formula is C20H24N4O3S2. The quantitative estimate of drug-likeness (QED) is 0.664. The highest BCUT2D eigenvalue weighted by molar-refractivity contribution is 7.93. The number of benzene rings is 1. The first kappa shape index (κ1) is 18.9. The minimum absolute atomic E-state index is 0.0558. The number of anilines is 2. The third kappa shape index (κ3) is 3.85. The largest absolute Gasteiger partial charge is 0.332 e. The third-order valence-corrected chi connectivity index (χ3v) is 8.67. The van der Waals surface area contributed by atoms with Crippen LogP contribution in [0.25, 0.3) is 0 Å². The van der Waals surface area contributed by atoms with Crippen molar-refractivity contribution in [3.05, 3.63) is 35.8 Å². The standard InChI is InChI=1S/C20H24N4O3S2/c25-18(23-20-10-13-7-14(11-20)9-15(8-13)12-20)22-16-1-3-17(4-2-16)29(26,27)24-19-21-5-6-28-19/h1-6,13-15H,7-12H2,(H,21,24)(H2,22,23,25). The summed E-state index contributed by atoms with van der Waals surface area (Å²) in [4.78, 5) is 16.7. The summed E-state index contributed by atoms with van der Waals surface area (Å²) < 4.78 is 27.2. The maximum Gasteiger partial charge on any atom is 0.319 e. The van der Waals surface area contributed by atoms with Gasteiger partial charge < -0.3 is 10.6 Å². The van der Waals surface area contributed by atoms with E-state index in [9.17, 15) is 13.2 Å². The molecule has 2 amide bonds. The van der Waals surface area contributed by atoms with Crippen molar-refractivity contribution >= 4 is 38.2 Å². The fraction of sp³-hybridized carbons (Fsp3) is 0.500. The van der Waals surface area contributed by atoms with Crippen molar-refractivity contribution in [2.45, 2.75) is 49.0 Å². The van der Waals surface area contributed by atoms with Gasteiger partial charge in [0.2, 0.25) is 0 Å². The van der Waals surface area contributed by atoms with Crippen molar-refractivity contribution < 1.29 is 13.2 Å². The number of urea groups is 1. The second-order valence-corrected chi connectivity index (χ2v) is 11.3. The van der Waals surface area contributed by atoms with Gasteiger partial charge >= 0.3 is 6.03 Å². The molecule has 4 bridgehead atoms. The van der Waals surface area contributed by atoms with Crippen LogP contribution in [0.1, 0.15) is 38.5 Å². The summed E-state index contributed by atoms with van der Waals surface area (Å²) in [5.41, 5.74) is 0.514. The number of sulfonamides is 1. The van der Waals surface area contributed by atoms with Crippen molar-refractivity contribution in [3.8, 4) is 0 Å². The van der Waals surface area contributed by atoms with Gasteiger partial charge in [0.05, 0.1) is 4.90 Å². The molecule has 1 aromatic carbocycles. The summed E-state index contributed by atoms with van der Waals surface area (Å²) in [6.45, 7) is 0. The number of hydrogen-bond acceptors (Lipinski definition) is 5. The van der Waals surface area contributed by atoms with Crippen molar-refractivity contribution in [2.24, 2.45) is 17.8 Å². The van der Waals surface area contributed by atoms with Crippen LogP contribution in [0.15, 0.2) is 40.7 Å². The smallest absolute Gasteiger partial charge is 0.319 e. The molecule has 29 heavy (non-hydrogen) atoms. The lowest BCUT2D eigenvalue weighted by molar-refractivity contribution is -0.0127. The van der Waals surface area contributed by atoms with Crippen molar-refractivity contribution in [3.63, 3.8) is 0 Å². The topological polar surface area (TPSA) is 100 Å². The van der Waals surface area contributed by atoms with Gasteiger partial charge in [0.15, 0.2) is 5.13 Å². The Balaban J connectivity index is 1.23. The molecule has 2 aromatic rings. The van der Waals surface area contributed by atoms with Crippen LogP contribution < -0.4 is 15.4 Å². The van der Waals surface area contributed by atoms with Crippen LogP contribution in [-0.4, -0.2) is 25.0 Å². The van der Waals surface area contributed by atoms with E-state index in [2.05, 4.69) is 20.3 Å². The van der Waals surface area contributed by atoms with Crippen molar-refractivity contribution in [2.75, 3.05) is 10.0 Å². The molecule has 4 fully saturated rings. The number of hydrogen-bond donors (Lipinski definition) is 3. The maximum atomic E-state index is 12.6. The SMILES string of the molecule is O=C(Nc1ccc(S(=O)(=O)Nc2nccs2)cc1)NC12CC3CC(CC(C3)C1)C2. The number of carbonyl (C=O) groups excluding carboxylic acids is 1. The molecule has 0 spiro atoms. The number of aromatic nitrogens is 1. The van der Waals surface area contributed by atoms with Crippen molar-refractivity contribution in [1.29, 1.82) is 0 Å². The average molecular weight is 433 g/mol. The van der Waals surface area contributed by atoms with Crippen LogP contribution in [0.3, 0.4) is 0 Å². The van der Waals surface area contributed by atoms with E-state index in [4.69, 9.17) is 0 Å². The highest BCUT2D eigenvalue weighted by atomic mass is 32.2. The molecule has 1 heterocycles. The number of thiazole rings is 1. The van der Waals surface area contributed by atoms with Gasteiger partial charge in [-0.3, -0.25) is 4.72 Å². The lowest BCUT2D eigenvalue weighted by atomic mass is 9.53. The Morgan fingerprint density at radius 1 is 1.03 bits per heavy atom. The number of nitrogens with one attached hydrogen (secondary N) is 3. The molecule has 4 aliphatic rings. The second kappa shape index (κ2) is 6.98. The summed E-state index contributed by atoms with van der Waals surface area (Å²) in [7, 11) is -3.70. The van der Waals surface area contributed by atoms with E-state index in [1.54, 1.807) is 17.5 Å². The predicted octanol–water partition coefficient (Wildman–Crippen LogP) is 4.03. The van der Waals surface area contributed by atoms with Gasteiger partial charge in [-0.2, -0.15) is 0 Å². The molecule has 4 aliphatic carbocycles. The van der Waals surface area contributed by atoms with Crippen LogP contribution in [0, 0.1) is 17.8 Å². The molecule has 0 radical (unpaired) electrons. The van der Waals surface area contributed by atoms with Crippen LogP contribution in [0.2, 0.25) is 0 Å². The first-order valence-corrected chi connectivity index (χ1v) is 12.4. The van der Waals surface area contributed by atoms with E-state index in [0.29, 0.717) is 10.8 Å². The van der Waals surface area contributed by atoms with E-state index in [1.807, 2.05) is 0 Å². The predicted molar refractivity (Wildman–Crippen MR) is 112 cm³/mol. The lowest BCUT2D eigenvalue weighted by Gasteiger charge is -2.56. The summed E-state index contributed by atoms with van der Waals surface area (Å²) in [5.74, 6) is 2.28. The Kier molecular flexibility index (Phi) is 4.54. The molecule has 6 rings (SSSR count). The molecule has 154 valence electrons. The van der Waals surface area contributed by atoms with Crippen LogP contribution >= 0.6 is 11.3 Å². The Morgan fingerprint density at radius 2 is 1.66 bits per heavy atom. The second-order valence-electron chi connectivity index (χ2n) is 8.74. The zero-order valence-corrected chi connectivity index (χ0v) is 17.6. The number of amides is 2. The molecule has 7 nitrogen and oxygen atoms in total. The highest BCUT2D eigenvalue weighted by Gasteiger charge is 2.51. The molecule has 4 saturated carbocycles. The van der Waals surface area contributed by atoms with Gasteiger partial charge in [0, 0.05) is 22.8 Å². The third-order valence-electron chi connectivity index (χ3n) is 6.49. The van der Waals surface area contributed by atoms with Gasteiger partial charge in [0.1, 0.15) is 0 Å². The first-order chi connectivity index (χ1) is 13.9. The van der Waals surface area contributed by atoms with E-state index in [-0.39, 0.29) is 16.5 Å². The molecule has 0 unspecified atom stereocenters. The first-order valence-electron chi connectivity index (χ1n) is 10.0. The van der Waals surface area contributed by atoms with Crippen LogP contribution in [-0.2, 0) is 10.0 Å². The molecule has 0 atom stereocenters. The van der Waals surface area contributed by atoms with Gasteiger partial charge in [-0.15, -0.1) is 11.3 Å². The number of carbonyl (C=O) groups is 1. The fourth-order valence-corrected chi connectivity index (χ4v) is 7.62. The Labute approximate surface area is 174 Å². The van der Waals surface area contributed by atoms with Gasteiger partial charge in [-0.25, -0.2) is 18.2 Å². The van der Waals surface area contributed by atoms with E-state index in [0.717, 1.165) is 37.0 Å². The van der Waals surface area contributed by atoms with Gasteiger partial charge in [-0.05, 0) is 80.5 Å². The zero-order valence-electron chi connectivity index (χ0n) is 15.9. The normalized spacial score (nSPS) is 30.1. The van der Waals surface area contributed by atoms with Crippen LogP contribution in [0.4, 0.5) is 15.6 Å². The molecule has 0 saturated heterocycles. The molecule has 3 N–H and O–H groups in total. The maximum absolute atomic E-state index is 12.6. The van der Waals surface area contributed by atoms with E-state index in [1.165, 1.54) is 48.9 Å². The van der Waals surface area contributed by atoms with Crippen molar-refractivity contribution in [1.82, 2.24) is 10.3 Å². The number of rotatable bonds is 5. The molecule has 9 heteroatoms. The fourth-order valence-electron chi connectivity index (χ4n) is 5.83. The van der Waals surface area contributed by atoms with Gasteiger partial charge in [0.25, 0.3) is 10.0 Å². The summed E-state index contributed by atoms with van der Waals surface area (Å²) >= 11 is 1.22. The summed E-state index contributed by atoms with van der Waals surface area (Å²) in [6.07, 6.45) is 8.79. The summed E-state index contributed by atoms with van der Waals surface area (Å²) in [5, 5.41) is 8.15. The Morgan fingerprint density at radius 3 is 2.21 bits per heavy atom. The molecule has 1 aromatic heterocycles. The summed E-state index contributed by atoms with van der Waals surface area (Å²) in [6, 6.07) is 5.97. The molecular weight excluding hydrogens is 408 g/mol. The molecule has 0 aliphatic heterocycles. The lowest BCUT2D eigenvalue weighted by Crippen LogP contribution is -2.60.